The number of urea groups is 1. The largest absolute Gasteiger partial charge is 0.408 e. The number of anilines is 1. The Bertz CT molecular complexity index is 1380. The number of alkyl halides is 3. The van der Waals surface area contributed by atoms with Crippen LogP contribution in [0.4, 0.5) is 23.8 Å². The Kier molecular flexibility index (Phi) is 15.6. The highest BCUT2D eigenvalue weighted by molar-refractivity contribution is 6.06. The zero-order chi connectivity index (χ0) is 33.4. The molecule has 1 unspecified atom stereocenters. The van der Waals surface area contributed by atoms with Gasteiger partial charge in [0.2, 0.25) is 0 Å². The Hall–Kier alpha value is -4.42. The number of amides is 3. The van der Waals surface area contributed by atoms with E-state index in [1.54, 1.807) is 37.4 Å². The van der Waals surface area contributed by atoms with E-state index in [2.05, 4.69) is 38.9 Å². The molecule has 1 aliphatic rings. The predicted molar refractivity (Wildman–Crippen MR) is 171 cm³/mol. The second-order valence-corrected chi connectivity index (χ2v) is 9.58. The molecule has 2 aromatic rings. The number of carbonyl (C=O) groups is 2. The average molecular weight is 619 g/mol. The van der Waals surface area contributed by atoms with Gasteiger partial charge < -0.3 is 16.0 Å². The third-order valence-corrected chi connectivity index (χ3v) is 6.31. The summed E-state index contributed by atoms with van der Waals surface area (Å²) in [5.41, 5.74) is 8.56. The number of allylic oxidation sites excluding steroid dienone is 6. The minimum atomic E-state index is -4.47. The van der Waals surface area contributed by atoms with Crippen molar-refractivity contribution in [1.29, 1.82) is 0 Å². The number of fused-ring (bicyclic) bond motifs is 1. The van der Waals surface area contributed by atoms with Gasteiger partial charge in [0.05, 0.1) is 5.56 Å². The summed E-state index contributed by atoms with van der Waals surface area (Å²) in [6.07, 6.45) is 8.37. The molecule has 0 spiro atoms. The first-order chi connectivity index (χ1) is 20.9. The van der Waals surface area contributed by atoms with E-state index >= 15 is 0 Å². The van der Waals surface area contributed by atoms with Gasteiger partial charge in [0, 0.05) is 30.0 Å². The number of hydrogen-bond acceptors (Lipinski definition) is 6. The normalized spacial score (nSPS) is 15.8. The summed E-state index contributed by atoms with van der Waals surface area (Å²) in [6, 6.07) is -0.652. The van der Waals surface area contributed by atoms with Crippen LogP contribution in [0.2, 0.25) is 0 Å². The molecule has 1 saturated heterocycles. The van der Waals surface area contributed by atoms with Crippen LogP contribution in [-0.4, -0.2) is 62.6 Å². The molecule has 3 heterocycles. The van der Waals surface area contributed by atoms with Crippen molar-refractivity contribution in [3.8, 4) is 0 Å². The Morgan fingerprint density at radius 1 is 1.20 bits per heavy atom. The maximum atomic E-state index is 13.7. The van der Waals surface area contributed by atoms with Crippen LogP contribution in [0.3, 0.4) is 0 Å². The smallest absolute Gasteiger partial charge is 0.382 e. The first kappa shape index (κ1) is 37.6. The number of halogens is 3. The standard InChI is InChI=1S/C26H33F3N8O2.C3H6.C2H6/c1-5-18(10-11-19(6-2)35-25(39)34-17(4)31-14-26(27,28)29)21-20(13-37-22(21)23(30)32-15-33-37)24(38)36-12-8-7-9-16(36)3;1-3-2;1-2/h5,10-11,13,15-16H,1,6-9,12,14H2,2-4H3,(H2,30,32,33)(H2,31,34,35,39);3H,1H2,2H3;1-2H3/b18-10+,19-11+;;. The number of aromatic nitrogens is 3. The Morgan fingerprint density at radius 2 is 1.86 bits per heavy atom. The lowest BCUT2D eigenvalue weighted by molar-refractivity contribution is -0.118. The van der Waals surface area contributed by atoms with Crippen molar-refractivity contribution < 1.29 is 22.8 Å². The summed E-state index contributed by atoms with van der Waals surface area (Å²) >= 11 is 0. The van der Waals surface area contributed by atoms with Crippen LogP contribution in [0.1, 0.15) is 83.1 Å². The fraction of sp³-hybridized carbons (Fsp3) is 0.452. The van der Waals surface area contributed by atoms with Crippen LogP contribution in [0.5, 0.6) is 0 Å². The van der Waals surface area contributed by atoms with E-state index in [-0.39, 0.29) is 23.6 Å². The Morgan fingerprint density at radius 3 is 2.43 bits per heavy atom. The topological polar surface area (TPSA) is 130 Å². The van der Waals surface area contributed by atoms with Gasteiger partial charge in [-0.05, 0) is 58.1 Å². The number of nitrogen functional groups attached to an aromatic ring is 1. The van der Waals surface area contributed by atoms with E-state index in [1.807, 2.05) is 32.6 Å². The molecule has 10 nitrogen and oxygen atoms in total. The van der Waals surface area contributed by atoms with Crippen molar-refractivity contribution in [1.82, 2.24) is 30.1 Å². The minimum absolute atomic E-state index is 0.0825. The number of amidine groups is 1. The number of rotatable bonds is 7. The van der Waals surface area contributed by atoms with Crippen molar-refractivity contribution in [3.63, 3.8) is 0 Å². The summed E-state index contributed by atoms with van der Waals surface area (Å²) in [7, 11) is 0. The zero-order valence-electron chi connectivity index (χ0n) is 26.5. The summed E-state index contributed by atoms with van der Waals surface area (Å²) in [4.78, 5) is 35.2. The number of aliphatic imine (C=N–C) groups is 1. The van der Waals surface area contributed by atoms with Crippen LogP contribution in [0, 0.1) is 0 Å². The molecule has 44 heavy (non-hydrogen) atoms. The molecule has 1 fully saturated rings. The highest BCUT2D eigenvalue weighted by Crippen LogP contribution is 2.32. The van der Waals surface area contributed by atoms with Crippen molar-refractivity contribution in [3.05, 3.63) is 66.8 Å². The number of nitrogens with two attached hydrogens (primary N) is 1. The zero-order valence-corrected chi connectivity index (χ0v) is 26.5. The average Bonchev–Trinajstić information content (AvgIpc) is 3.37. The van der Waals surface area contributed by atoms with Crippen molar-refractivity contribution in [2.75, 3.05) is 18.8 Å². The second-order valence-electron chi connectivity index (χ2n) is 9.58. The molecular formula is C31H45F3N8O2. The molecule has 0 aliphatic carbocycles. The molecule has 2 aromatic heterocycles. The lowest BCUT2D eigenvalue weighted by Crippen LogP contribution is -2.42. The van der Waals surface area contributed by atoms with Crippen molar-refractivity contribution >= 4 is 34.7 Å². The molecule has 242 valence electrons. The van der Waals surface area contributed by atoms with Crippen LogP contribution >= 0.6 is 0 Å². The van der Waals surface area contributed by atoms with Gasteiger partial charge in [-0.25, -0.2) is 14.3 Å². The number of carbonyl (C=O) groups excluding carboxylic acids is 2. The number of likely N-dealkylation sites (tertiary alicyclic amines) is 1. The van der Waals surface area contributed by atoms with Crippen LogP contribution < -0.4 is 16.4 Å². The van der Waals surface area contributed by atoms with Gasteiger partial charge in [-0.2, -0.15) is 18.3 Å². The molecule has 3 rings (SSSR count). The molecule has 0 bridgehead atoms. The van der Waals surface area contributed by atoms with Gasteiger partial charge in [0.15, 0.2) is 5.82 Å². The monoisotopic (exact) mass is 618 g/mol. The summed E-state index contributed by atoms with van der Waals surface area (Å²) < 4.78 is 38.6. The minimum Gasteiger partial charge on any atom is -0.382 e. The molecule has 0 aromatic carbocycles. The number of nitrogens with one attached hydrogen (secondary N) is 2. The van der Waals surface area contributed by atoms with Crippen molar-refractivity contribution in [2.45, 2.75) is 79.4 Å². The van der Waals surface area contributed by atoms with Gasteiger partial charge in [-0.3, -0.25) is 15.1 Å². The molecule has 3 amide bonds. The first-order valence-electron chi connectivity index (χ1n) is 14.6. The highest BCUT2D eigenvalue weighted by Gasteiger charge is 2.29. The second kappa shape index (κ2) is 18.3. The maximum absolute atomic E-state index is 13.7. The van der Waals surface area contributed by atoms with Gasteiger partial charge in [0.25, 0.3) is 5.91 Å². The van der Waals surface area contributed by atoms with Gasteiger partial charge in [-0.15, -0.1) is 6.58 Å². The molecular weight excluding hydrogens is 573 g/mol. The maximum Gasteiger partial charge on any atom is 0.408 e. The van der Waals surface area contributed by atoms with Crippen LogP contribution in [0.25, 0.3) is 11.1 Å². The number of nitrogens with zero attached hydrogens (tertiary/aromatic N) is 5. The highest BCUT2D eigenvalue weighted by atomic mass is 19.4. The quantitative estimate of drug-likeness (QED) is 0.138. The van der Waals surface area contributed by atoms with E-state index in [9.17, 15) is 22.8 Å². The third-order valence-electron chi connectivity index (χ3n) is 6.31. The Balaban J connectivity index is 0.00000182. The SMILES string of the molecule is C=C/C(=C\C=C(/CC)NC(=O)NC(C)=NCC(F)(F)F)c1c(C(=O)N2CCCCC2C)cn2ncnc(N)c12.C=CC.CC. The fourth-order valence-corrected chi connectivity index (χ4v) is 4.32. The van der Waals surface area contributed by atoms with Gasteiger partial charge in [0.1, 0.15) is 24.2 Å². The molecule has 4 N–H and O–H groups in total. The third kappa shape index (κ3) is 11.0. The molecule has 0 saturated carbocycles. The number of piperidine rings is 1. The molecule has 13 heteroatoms. The van der Waals surface area contributed by atoms with Gasteiger partial charge in [-0.1, -0.05) is 45.6 Å². The Labute approximate surface area is 257 Å². The van der Waals surface area contributed by atoms with Gasteiger partial charge >= 0.3 is 12.2 Å². The summed E-state index contributed by atoms with van der Waals surface area (Å²) in [5.74, 6) is -0.140. The van der Waals surface area contributed by atoms with E-state index < -0.39 is 18.8 Å². The van der Waals surface area contributed by atoms with Crippen molar-refractivity contribution in [2.24, 2.45) is 4.99 Å². The van der Waals surface area contributed by atoms with E-state index in [0.29, 0.717) is 40.9 Å². The summed E-state index contributed by atoms with van der Waals surface area (Å²) in [6.45, 7) is 17.5. The van der Waals surface area contributed by atoms with E-state index in [0.717, 1.165) is 19.3 Å². The fourth-order valence-electron chi connectivity index (χ4n) is 4.32. The molecule has 1 aliphatic heterocycles. The number of hydrogen-bond donors (Lipinski definition) is 3. The first-order valence-corrected chi connectivity index (χ1v) is 14.6. The predicted octanol–water partition coefficient (Wildman–Crippen LogP) is 6.69. The lowest BCUT2D eigenvalue weighted by Gasteiger charge is -2.33. The van der Waals surface area contributed by atoms with E-state index in [4.69, 9.17) is 5.73 Å². The van der Waals surface area contributed by atoms with Crippen LogP contribution in [0.15, 0.2) is 60.7 Å². The lowest BCUT2D eigenvalue weighted by atomic mass is 9.98. The molecule has 1 atom stereocenters. The molecule has 0 radical (unpaired) electrons. The summed E-state index contributed by atoms with van der Waals surface area (Å²) in [5, 5.41) is 9.10. The van der Waals surface area contributed by atoms with E-state index in [1.165, 1.54) is 17.8 Å². The van der Waals surface area contributed by atoms with Crippen LogP contribution in [-0.2, 0) is 0 Å².